The number of esters is 1. The van der Waals surface area contributed by atoms with Gasteiger partial charge in [-0.15, -0.1) is 0 Å². The lowest BCUT2D eigenvalue weighted by atomic mass is 10.2. The summed E-state index contributed by atoms with van der Waals surface area (Å²) in [7, 11) is 0.426. The van der Waals surface area contributed by atoms with Crippen LogP contribution in [0.25, 0.3) is 0 Å². The highest BCUT2D eigenvalue weighted by molar-refractivity contribution is 7.89. The first-order valence-electron chi connectivity index (χ1n) is 7.23. The largest absolute Gasteiger partial charge is 0.493 e. The number of sulfonamides is 1. The maximum Gasteiger partial charge on any atom is 0.343 e. The smallest absolute Gasteiger partial charge is 0.343 e. The molecule has 0 saturated carbocycles. The standard InChI is InChI=1S/C17H15ClN2O5S/c1-20(2)26(22,23)13-6-4-5-12(9-13)17(21)25-16-14(18)7-11(10-19)8-15(16)24-3/h4-9H,1-3H3. The molecule has 2 rings (SSSR count). The van der Waals surface area contributed by atoms with Gasteiger partial charge in [-0.3, -0.25) is 0 Å². The predicted octanol–water partition coefficient (Wildman–Crippen LogP) is 2.69. The molecule has 0 amide bonds. The first kappa shape index (κ1) is 19.7. The molecule has 0 aliphatic rings. The van der Waals surface area contributed by atoms with Gasteiger partial charge in [0.05, 0.1) is 34.2 Å². The van der Waals surface area contributed by atoms with Gasteiger partial charge in [0.1, 0.15) is 0 Å². The molecule has 0 spiro atoms. The zero-order chi connectivity index (χ0) is 19.5. The Kier molecular flexibility index (Phi) is 5.87. The van der Waals surface area contributed by atoms with Crippen molar-refractivity contribution >= 4 is 27.6 Å². The molecule has 2 aromatic rings. The molecule has 0 aromatic heterocycles. The summed E-state index contributed by atoms with van der Waals surface area (Å²) in [6, 6.07) is 10.1. The van der Waals surface area contributed by atoms with Gasteiger partial charge in [0.2, 0.25) is 10.0 Å². The van der Waals surface area contributed by atoms with Gasteiger partial charge >= 0.3 is 5.97 Å². The van der Waals surface area contributed by atoms with Crippen LogP contribution in [0.5, 0.6) is 11.5 Å². The zero-order valence-corrected chi connectivity index (χ0v) is 15.8. The molecule has 9 heteroatoms. The Labute approximate surface area is 156 Å². The van der Waals surface area contributed by atoms with Crippen LogP contribution in [0.1, 0.15) is 15.9 Å². The van der Waals surface area contributed by atoms with E-state index in [1.165, 1.54) is 57.6 Å². The van der Waals surface area contributed by atoms with Crippen LogP contribution in [0.2, 0.25) is 5.02 Å². The molecule has 0 heterocycles. The molecule has 0 N–H and O–H groups in total. The van der Waals surface area contributed by atoms with Gasteiger partial charge < -0.3 is 9.47 Å². The van der Waals surface area contributed by atoms with Crippen LogP contribution < -0.4 is 9.47 Å². The van der Waals surface area contributed by atoms with Crippen molar-refractivity contribution in [3.8, 4) is 17.6 Å². The normalized spacial score (nSPS) is 11.1. The van der Waals surface area contributed by atoms with Crippen LogP contribution in [-0.2, 0) is 10.0 Å². The van der Waals surface area contributed by atoms with Crippen molar-refractivity contribution in [3.63, 3.8) is 0 Å². The topological polar surface area (TPSA) is 96.7 Å². The molecule has 2 aromatic carbocycles. The molecule has 0 atom stereocenters. The highest BCUT2D eigenvalue weighted by atomic mass is 35.5. The highest BCUT2D eigenvalue weighted by Gasteiger charge is 2.21. The third-order valence-electron chi connectivity index (χ3n) is 3.40. The number of hydrogen-bond donors (Lipinski definition) is 0. The Morgan fingerprint density at radius 3 is 2.50 bits per heavy atom. The minimum absolute atomic E-state index is 0.0197. The Bertz CT molecular complexity index is 997. The summed E-state index contributed by atoms with van der Waals surface area (Å²) in [4.78, 5) is 12.4. The number of nitriles is 1. The number of methoxy groups -OCH3 is 1. The summed E-state index contributed by atoms with van der Waals surface area (Å²) >= 11 is 6.06. The second-order valence-electron chi connectivity index (χ2n) is 5.31. The quantitative estimate of drug-likeness (QED) is 0.571. The van der Waals surface area contributed by atoms with E-state index in [9.17, 15) is 13.2 Å². The fraction of sp³-hybridized carbons (Fsp3) is 0.176. The van der Waals surface area contributed by atoms with E-state index in [-0.39, 0.29) is 32.5 Å². The van der Waals surface area contributed by atoms with Gasteiger partial charge in [-0.05, 0) is 24.3 Å². The predicted molar refractivity (Wildman–Crippen MR) is 95.0 cm³/mol. The fourth-order valence-corrected chi connectivity index (χ4v) is 3.23. The number of nitrogens with zero attached hydrogens (tertiary/aromatic N) is 2. The molecule has 0 aliphatic carbocycles. The van der Waals surface area contributed by atoms with Crippen LogP contribution in [-0.4, -0.2) is 39.9 Å². The van der Waals surface area contributed by atoms with Gasteiger partial charge in [0, 0.05) is 20.2 Å². The van der Waals surface area contributed by atoms with Crippen molar-refractivity contribution < 1.29 is 22.7 Å². The van der Waals surface area contributed by atoms with Crippen LogP contribution in [0.4, 0.5) is 0 Å². The van der Waals surface area contributed by atoms with E-state index in [4.69, 9.17) is 26.3 Å². The third-order valence-corrected chi connectivity index (χ3v) is 5.49. The first-order chi connectivity index (χ1) is 12.2. The van der Waals surface area contributed by atoms with Crippen molar-refractivity contribution in [3.05, 3.63) is 52.5 Å². The number of halogens is 1. The van der Waals surface area contributed by atoms with Crippen molar-refractivity contribution in [1.82, 2.24) is 4.31 Å². The maximum atomic E-state index is 12.4. The average Bonchev–Trinajstić information content (AvgIpc) is 2.62. The fourth-order valence-electron chi connectivity index (χ4n) is 2.03. The lowest BCUT2D eigenvalue weighted by Crippen LogP contribution is -2.22. The number of ether oxygens (including phenoxy) is 2. The summed E-state index contributed by atoms with van der Waals surface area (Å²) in [6.45, 7) is 0. The highest BCUT2D eigenvalue weighted by Crippen LogP contribution is 2.36. The van der Waals surface area contributed by atoms with Gasteiger partial charge in [-0.1, -0.05) is 17.7 Å². The molecule has 0 saturated heterocycles. The summed E-state index contributed by atoms with van der Waals surface area (Å²) in [5.41, 5.74) is 0.265. The number of carbonyl (C=O) groups is 1. The summed E-state index contributed by atoms with van der Waals surface area (Å²) in [6.07, 6.45) is 0. The molecule has 7 nitrogen and oxygen atoms in total. The minimum atomic E-state index is -3.70. The van der Waals surface area contributed by atoms with Gasteiger partial charge in [-0.25, -0.2) is 17.5 Å². The lowest BCUT2D eigenvalue weighted by molar-refractivity contribution is 0.0729. The number of hydrogen-bond acceptors (Lipinski definition) is 6. The molecule has 0 unspecified atom stereocenters. The van der Waals surface area contributed by atoms with E-state index in [1.54, 1.807) is 0 Å². The molecular formula is C17H15ClN2O5S. The monoisotopic (exact) mass is 394 g/mol. The zero-order valence-electron chi connectivity index (χ0n) is 14.2. The number of carbonyl (C=O) groups excluding carboxylic acids is 1. The molecule has 26 heavy (non-hydrogen) atoms. The van der Waals surface area contributed by atoms with Crippen LogP contribution >= 0.6 is 11.6 Å². The second kappa shape index (κ2) is 7.74. The Morgan fingerprint density at radius 1 is 1.23 bits per heavy atom. The third kappa shape index (κ3) is 3.96. The van der Waals surface area contributed by atoms with E-state index in [1.807, 2.05) is 6.07 Å². The van der Waals surface area contributed by atoms with Crippen molar-refractivity contribution in [2.24, 2.45) is 0 Å². The van der Waals surface area contributed by atoms with Crippen LogP contribution in [0.15, 0.2) is 41.3 Å². The molecule has 0 radical (unpaired) electrons. The van der Waals surface area contributed by atoms with Gasteiger partial charge in [0.25, 0.3) is 0 Å². The van der Waals surface area contributed by atoms with E-state index in [0.29, 0.717) is 0 Å². The Hall–Kier alpha value is -2.60. The summed E-state index contributed by atoms with van der Waals surface area (Å²) < 4.78 is 35.8. The second-order valence-corrected chi connectivity index (χ2v) is 7.87. The number of benzene rings is 2. The lowest BCUT2D eigenvalue weighted by Gasteiger charge is -2.13. The van der Waals surface area contributed by atoms with Gasteiger partial charge in [0.15, 0.2) is 11.5 Å². The molecular weight excluding hydrogens is 380 g/mol. The van der Waals surface area contributed by atoms with Crippen molar-refractivity contribution in [2.75, 3.05) is 21.2 Å². The van der Waals surface area contributed by atoms with Crippen LogP contribution in [0, 0.1) is 11.3 Å². The average molecular weight is 395 g/mol. The Balaban J connectivity index is 2.40. The molecule has 0 fully saturated rings. The SMILES string of the molecule is COc1cc(C#N)cc(Cl)c1OC(=O)c1cccc(S(=O)(=O)N(C)C)c1. The van der Waals surface area contributed by atoms with Crippen molar-refractivity contribution in [1.29, 1.82) is 5.26 Å². The first-order valence-corrected chi connectivity index (χ1v) is 9.05. The molecule has 0 bridgehead atoms. The van der Waals surface area contributed by atoms with Crippen LogP contribution in [0.3, 0.4) is 0 Å². The maximum absolute atomic E-state index is 12.4. The van der Waals surface area contributed by atoms with E-state index in [2.05, 4.69) is 0 Å². The van der Waals surface area contributed by atoms with Gasteiger partial charge in [-0.2, -0.15) is 5.26 Å². The molecule has 0 aliphatic heterocycles. The van der Waals surface area contributed by atoms with Crippen molar-refractivity contribution in [2.45, 2.75) is 4.90 Å². The van der Waals surface area contributed by atoms with E-state index in [0.717, 1.165) is 4.31 Å². The molecule has 136 valence electrons. The van der Waals surface area contributed by atoms with E-state index >= 15 is 0 Å². The minimum Gasteiger partial charge on any atom is -0.493 e. The summed E-state index contributed by atoms with van der Waals surface area (Å²) in [5, 5.41) is 8.97. The summed E-state index contributed by atoms with van der Waals surface area (Å²) in [5.74, 6) is -0.760. The number of rotatable bonds is 5. The Morgan fingerprint density at radius 2 is 1.92 bits per heavy atom. The van der Waals surface area contributed by atoms with E-state index < -0.39 is 16.0 Å².